The maximum atomic E-state index is 12.6. The third kappa shape index (κ3) is 4.85. The first-order valence-corrected chi connectivity index (χ1v) is 11.3. The summed E-state index contributed by atoms with van der Waals surface area (Å²) < 4.78 is 32.9. The molecule has 2 aromatic rings. The molecule has 1 fully saturated rings. The minimum absolute atomic E-state index is 0.237. The van der Waals surface area contributed by atoms with Gasteiger partial charge < -0.3 is 4.48 Å². The van der Waals surface area contributed by atoms with Crippen LogP contribution in [0.1, 0.15) is 24.0 Å². The number of halogens is 1. The number of rotatable bonds is 5. The molecule has 0 spiro atoms. The van der Waals surface area contributed by atoms with Crippen LogP contribution < -0.4 is 0 Å². The van der Waals surface area contributed by atoms with Crippen molar-refractivity contribution in [2.24, 2.45) is 0 Å². The van der Waals surface area contributed by atoms with E-state index in [4.69, 9.17) is 4.18 Å². The molecule has 0 N–H and O–H groups in total. The largest absolute Gasteiger partial charge is 0.320 e. The lowest BCUT2D eigenvalue weighted by molar-refractivity contribution is -0.929. The molecule has 6 heteroatoms. The van der Waals surface area contributed by atoms with Gasteiger partial charge in [0.25, 0.3) is 10.1 Å². The van der Waals surface area contributed by atoms with E-state index in [0.717, 1.165) is 36.0 Å². The second kappa shape index (κ2) is 7.96. The zero-order valence-corrected chi connectivity index (χ0v) is 18.2. The summed E-state index contributed by atoms with van der Waals surface area (Å²) in [6, 6.07) is 15.2. The number of hydrogen-bond donors (Lipinski definition) is 0. The number of quaternary nitrogens is 1. The van der Waals surface area contributed by atoms with E-state index >= 15 is 0 Å². The smallest absolute Gasteiger partial charge is 0.297 e. The molecule has 26 heavy (non-hydrogen) atoms. The first-order valence-electron chi connectivity index (χ1n) is 8.84. The topological polar surface area (TPSA) is 43.4 Å². The number of piperidine rings is 1. The molecular formula is C20H25INO3S+. The highest BCUT2D eigenvalue weighted by Gasteiger charge is 2.35. The minimum atomic E-state index is -3.72. The van der Waals surface area contributed by atoms with Crippen LogP contribution in [-0.4, -0.2) is 39.1 Å². The number of benzene rings is 2. The van der Waals surface area contributed by atoms with E-state index in [1.54, 1.807) is 24.3 Å². The molecule has 140 valence electrons. The standard InChI is InChI=1S/C20H25INO3S/c1-16-9-11-19(12-10-16)26(23,24)25-18-7-5-13-22(2,15-18)14-17-6-3-4-8-20(17)21/h3-4,6,8-12,18H,5,7,13-15H2,1-2H3/q+1. The highest BCUT2D eigenvalue weighted by Crippen LogP contribution is 2.26. The summed E-state index contributed by atoms with van der Waals surface area (Å²) >= 11 is 2.36. The van der Waals surface area contributed by atoms with Gasteiger partial charge in [0.05, 0.1) is 18.5 Å². The number of nitrogens with zero attached hydrogens (tertiary/aromatic N) is 1. The highest BCUT2D eigenvalue weighted by atomic mass is 127. The van der Waals surface area contributed by atoms with Crippen molar-refractivity contribution in [2.45, 2.75) is 37.3 Å². The van der Waals surface area contributed by atoms with Crippen molar-refractivity contribution < 1.29 is 17.1 Å². The predicted octanol–water partition coefficient (Wildman–Crippen LogP) is 4.11. The van der Waals surface area contributed by atoms with Gasteiger partial charge in [-0.3, -0.25) is 4.18 Å². The average molecular weight is 486 g/mol. The Morgan fingerprint density at radius 3 is 2.54 bits per heavy atom. The highest BCUT2D eigenvalue weighted by molar-refractivity contribution is 14.1. The SMILES string of the molecule is Cc1ccc(S(=O)(=O)OC2CCC[N+](C)(Cc3ccccc3I)C2)cc1. The molecule has 4 nitrogen and oxygen atoms in total. The fraction of sp³-hybridized carbons (Fsp3) is 0.400. The molecule has 3 rings (SSSR count). The van der Waals surface area contributed by atoms with Gasteiger partial charge in [-0.25, -0.2) is 0 Å². The Kier molecular flexibility index (Phi) is 6.06. The number of aryl methyl sites for hydroxylation is 1. The Morgan fingerprint density at radius 1 is 1.15 bits per heavy atom. The van der Waals surface area contributed by atoms with Crippen LogP contribution in [0.3, 0.4) is 0 Å². The quantitative estimate of drug-likeness (QED) is 0.363. The van der Waals surface area contributed by atoms with Crippen LogP contribution in [-0.2, 0) is 20.8 Å². The fourth-order valence-electron chi connectivity index (χ4n) is 3.57. The van der Waals surface area contributed by atoms with Crippen molar-refractivity contribution in [3.05, 3.63) is 63.2 Å². The molecule has 1 saturated heterocycles. The second-order valence-corrected chi connectivity index (χ2v) is 10.1. The molecule has 0 bridgehead atoms. The van der Waals surface area contributed by atoms with Crippen molar-refractivity contribution in [2.75, 3.05) is 20.1 Å². The van der Waals surface area contributed by atoms with Crippen molar-refractivity contribution in [1.29, 1.82) is 0 Å². The maximum Gasteiger partial charge on any atom is 0.297 e. The lowest BCUT2D eigenvalue weighted by Gasteiger charge is -2.41. The van der Waals surface area contributed by atoms with Crippen molar-refractivity contribution in [3.8, 4) is 0 Å². The lowest BCUT2D eigenvalue weighted by Crippen LogP contribution is -2.53. The van der Waals surface area contributed by atoms with Crippen LogP contribution in [0.5, 0.6) is 0 Å². The Morgan fingerprint density at radius 2 is 1.85 bits per heavy atom. The van der Waals surface area contributed by atoms with Gasteiger partial charge in [0.2, 0.25) is 0 Å². The number of likely N-dealkylation sites (tertiary alicyclic amines) is 1. The summed E-state index contributed by atoms with van der Waals surface area (Å²) in [6.45, 7) is 4.57. The Hall–Kier alpha value is -0.960. The molecule has 0 amide bonds. The Balaban J connectivity index is 1.72. The fourth-order valence-corrected chi connectivity index (χ4v) is 5.23. The lowest BCUT2D eigenvalue weighted by atomic mass is 10.0. The Labute approximate surface area is 170 Å². The van der Waals surface area contributed by atoms with Crippen molar-refractivity contribution >= 4 is 32.7 Å². The number of hydrogen-bond acceptors (Lipinski definition) is 3. The van der Waals surface area contributed by atoms with Gasteiger partial charge in [0, 0.05) is 9.13 Å². The third-order valence-electron chi connectivity index (χ3n) is 4.95. The first-order chi connectivity index (χ1) is 12.3. The van der Waals surface area contributed by atoms with E-state index in [1.165, 1.54) is 9.13 Å². The van der Waals surface area contributed by atoms with Crippen LogP contribution in [0.15, 0.2) is 53.4 Å². The van der Waals surface area contributed by atoms with Crippen molar-refractivity contribution in [3.63, 3.8) is 0 Å². The van der Waals surface area contributed by atoms with E-state index in [0.29, 0.717) is 6.54 Å². The average Bonchev–Trinajstić information content (AvgIpc) is 2.57. The molecule has 1 aliphatic heterocycles. The van der Waals surface area contributed by atoms with Crippen LogP contribution in [0.2, 0.25) is 0 Å². The third-order valence-corrected chi connectivity index (χ3v) is 7.38. The molecule has 2 aromatic carbocycles. The van der Waals surface area contributed by atoms with E-state index in [1.807, 2.05) is 13.0 Å². The van der Waals surface area contributed by atoms with Gasteiger partial charge in [0.1, 0.15) is 19.2 Å². The zero-order valence-electron chi connectivity index (χ0n) is 15.2. The van der Waals surface area contributed by atoms with Crippen LogP contribution in [0, 0.1) is 10.5 Å². The summed E-state index contributed by atoms with van der Waals surface area (Å²) in [4.78, 5) is 0.237. The van der Waals surface area contributed by atoms with Gasteiger partial charge in [-0.1, -0.05) is 35.9 Å². The summed E-state index contributed by atoms with van der Waals surface area (Å²) in [5, 5.41) is 0. The summed E-state index contributed by atoms with van der Waals surface area (Å²) in [7, 11) is -1.53. The summed E-state index contributed by atoms with van der Waals surface area (Å²) in [5.74, 6) is 0. The Bertz CT molecular complexity index is 867. The van der Waals surface area contributed by atoms with Gasteiger partial charge >= 0.3 is 0 Å². The van der Waals surface area contributed by atoms with E-state index in [-0.39, 0.29) is 11.0 Å². The van der Waals surface area contributed by atoms with Gasteiger partial charge in [-0.05, 0) is 60.6 Å². The molecule has 0 aliphatic carbocycles. The van der Waals surface area contributed by atoms with Crippen LogP contribution >= 0.6 is 22.6 Å². The molecule has 1 aliphatic rings. The van der Waals surface area contributed by atoms with Gasteiger partial charge in [0.15, 0.2) is 0 Å². The van der Waals surface area contributed by atoms with Crippen LogP contribution in [0.4, 0.5) is 0 Å². The predicted molar refractivity (Wildman–Crippen MR) is 111 cm³/mol. The monoisotopic (exact) mass is 486 g/mol. The zero-order chi connectivity index (χ0) is 18.8. The van der Waals surface area contributed by atoms with Gasteiger partial charge in [-0.2, -0.15) is 8.42 Å². The normalized spacial score (nSPS) is 23.7. The molecular weight excluding hydrogens is 461 g/mol. The van der Waals surface area contributed by atoms with Crippen LogP contribution in [0.25, 0.3) is 0 Å². The molecule has 0 radical (unpaired) electrons. The summed E-state index contributed by atoms with van der Waals surface area (Å²) in [6.07, 6.45) is 1.47. The van der Waals surface area contributed by atoms with E-state index < -0.39 is 10.1 Å². The van der Waals surface area contributed by atoms with Crippen molar-refractivity contribution in [1.82, 2.24) is 0 Å². The van der Waals surface area contributed by atoms with Gasteiger partial charge in [-0.15, -0.1) is 0 Å². The molecule has 2 atom stereocenters. The molecule has 0 saturated carbocycles. The first kappa shape index (κ1) is 19.8. The minimum Gasteiger partial charge on any atom is -0.320 e. The van der Waals surface area contributed by atoms with E-state index in [2.05, 4.69) is 47.8 Å². The van der Waals surface area contributed by atoms with E-state index in [9.17, 15) is 8.42 Å². The molecule has 1 heterocycles. The number of likely N-dealkylation sites (N-methyl/N-ethyl adjacent to an activating group) is 1. The second-order valence-electron chi connectivity index (χ2n) is 7.40. The summed E-state index contributed by atoms with van der Waals surface area (Å²) in [5.41, 5.74) is 2.33. The molecule has 0 aromatic heterocycles. The molecule has 2 unspecified atom stereocenters. The maximum absolute atomic E-state index is 12.6.